The van der Waals surface area contributed by atoms with Gasteiger partial charge in [0.2, 0.25) is 5.91 Å². The van der Waals surface area contributed by atoms with Gasteiger partial charge in [-0.05, 0) is 41.8 Å². The van der Waals surface area contributed by atoms with Crippen LogP contribution in [-0.2, 0) is 17.6 Å². The van der Waals surface area contributed by atoms with Crippen molar-refractivity contribution >= 4 is 33.7 Å². The summed E-state index contributed by atoms with van der Waals surface area (Å²) in [5.41, 5.74) is 4.53. The number of rotatable bonds is 5. The third-order valence-corrected chi connectivity index (χ3v) is 5.28. The molecule has 4 heteroatoms. The van der Waals surface area contributed by atoms with E-state index in [1.165, 1.54) is 4.88 Å². The molecule has 0 radical (unpaired) electrons. The number of nitrogens with one attached hydrogen (secondary N) is 1. The first-order valence-electron chi connectivity index (χ1n) is 8.06. The second-order valence-corrected chi connectivity index (χ2v) is 6.84. The van der Waals surface area contributed by atoms with Crippen LogP contribution in [0.3, 0.4) is 0 Å². The normalized spacial score (nSPS) is 11.7. The molecule has 0 unspecified atom stereocenters. The Kier molecular flexibility index (Phi) is 5.06. The largest absolute Gasteiger partial charge is 0.273 e. The van der Waals surface area contributed by atoms with Gasteiger partial charge < -0.3 is 0 Å². The molecule has 3 aromatic rings. The van der Waals surface area contributed by atoms with E-state index in [2.05, 4.69) is 41.7 Å². The van der Waals surface area contributed by atoms with E-state index in [1.807, 2.05) is 37.3 Å². The summed E-state index contributed by atoms with van der Waals surface area (Å²) in [6, 6.07) is 18.3. The molecule has 0 saturated heterocycles. The first-order valence-corrected chi connectivity index (χ1v) is 8.88. The van der Waals surface area contributed by atoms with E-state index in [9.17, 15) is 4.79 Å². The summed E-state index contributed by atoms with van der Waals surface area (Å²) in [5.74, 6) is -0.0991. The zero-order chi connectivity index (χ0) is 16.9. The number of carbonyl (C=O) groups excluding carboxylic acids is 1. The summed E-state index contributed by atoms with van der Waals surface area (Å²) >= 11 is 1.72. The summed E-state index contributed by atoms with van der Waals surface area (Å²) < 4.78 is 0. The predicted octanol–water partition coefficient (Wildman–Crippen LogP) is 4.55. The van der Waals surface area contributed by atoms with Gasteiger partial charge in [-0.3, -0.25) is 4.79 Å². The highest BCUT2D eigenvalue weighted by molar-refractivity contribution is 7.14. The Morgan fingerprint density at radius 2 is 1.88 bits per heavy atom. The maximum Gasteiger partial charge on any atom is 0.244 e. The van der Waals surface area contributed by atoms with Crippen molar-refractivity contribution in [2.75, 3.05) is 0 Å². The molecule has 0 spiro atoms. The molecule has 0 fully saturated rings. The van der Waals surface area contributed by atoms with Crippen molar-refractivity contribution in [3.63, 3.8) is 0 Å². The third kappa shape index (κ3) is 3.71. The second-order valence-electron chi connectivity index (χ2n) is 5.67. The zero-order valence-corrected chi connectivity index (χ0v) is 14.7. The molecule has 3 nitrogen and oxygen atoms in total. The van der Waals surface area contributed by atoms with Crippen LogP contribution in [-0.4, -0.2) is 11.6 Å². The number of amides is 1. The standard InChI is InChI=1S/C20H20N2OS/c1-3-17-11-12-19(24-17)14(2)21-22-20(23)13-16-9-6-8-15-7-4-5-10-18(15)16/h4-12H,3,13H2,1-2H3,(H,22,23). The number of hydrogen-bond donors (Lipinski definition) is 1. The fourth-order valence-corrected chi connectivity index (χ4v) is 3.52. The first kappa shape index (κ1) is 16.4. The van der Waals surface area contributed by atoms with Crippen LogP contribution in [0.4, 0.5) is 0 Å². The molecule has 0 bridgehead atoms. The van der Waals surface area contributed by atoms with Crippen molar-refractivity contribution in [2.24, 2.45) is 5.10 Å². The van der Waals surface area contributed by atoms with Crippen LogP contribution in [0, 0.1) is 0 Å². The van der Waals surface area contributed by atoms with Gasteiger partial charge in [-0.1, -0.05) is 49.4 Å². The predicted molar refractivity (Wildman–Crippen MR) is 102 cm³/mol. The number of hydrogen-bond acceptors (Lipinski definition) is 3. The molecule has 0 aliphatic heterocycles. The Morgan fingerprint density at radius 3 is 2.67 bits per heavy atom. The summed E-state index contributed by atoms with van der Waals surface area (Å²) in [6.07, 6.45) is 1.34. The Labute approximate surface area is 146 Å². The van der Waals surface area contributed by atoms with Crippen LogP contribution in [0.15, 0.2) is 59.7 Å². The number of hydrazone groups is 1. The Bertz CT molecular complexity index is 890. The van der Waals surface area contributed by atoms with Gasteiger partial charge in [0.25, 0.3) is 0 Å². The molecule has 0 atom stereocenters. The van der Waals surface area contributed by atoms with Gasteiger partial charge in [0, 0.05) is 4.88 Å². The highest BCUT2D eigenvalue weighted by Gasteiger charge is 2.07. The van der Waals surface area contributed by atoms with E-state index in [0.29, 0.717) is 6.42 Å². The minimum Gasteiger partial charge on any atom is -0.273 e. The molecule has 122 valence electrons. The number of aryl methyl sites for hydroxylation is 1. The van der Waals surface area contributed by atoms with Gasteiger partial charge in [0.1, 0.15) is 0 Å². The molecular formula is C20H20N2OS. The molecule has 0 aliphatic rings. The quantitative estimate of drug-likeness (QED) is 0.539. The van der Waals surface area contributed by atoms with Crippen molar-refractivity contribution in [3.05, 3.63) is 69.9 Å². The lowest BCUT2D eigenvalue weighted by molar-refractivity contribution is -0.120. The molecular weight excluding hydrogens is 316 g/mol. The van der Waals surface area contributed by atoms with E-state index >= 15 is 0 Å². The maximum atomic E-state index is 12.2. The number of benzene rings is 2. The number of carbonyl (C=O) groups is 1. The second kappa shape index (κ2) is 7.41. The average molecular weight is 336 g/mol. The fourth-order valence-electron chi connectivity index (χ4n) is 2.62. The van der Waals surface area contributed by atoms with Gasteiger partial charge in [-0.2, -0.15) is 5.10 Å². The molecule has 1 N–H and O–H groups in total. The lowest BCUT2D eigenvalue weighted by atomic mass is 10.0. The van der Waals surface area contributed by atoms with Gasteiger partial charge in [0.05, 0.1) is 17.0 Å². The smallest absolute Gasteiger partial charge is 0.244 e. The summed E-state index contributed by atoms with van der Waals surface area (Å²) in [5, 5.41) is 6.50. The Morgan fingerprint density at radius 1 is 1.08 bits per heavy atom. The van der Waals surface area contributed by atoms with Gasteiger partial charge >= 0.3 is 0 Å². The summed E-state index contributed by atoms with van der Waals surface area (Å²) in [6.45, 7) is 4.05. The van der Waals surface area contributed by atoms with Crippen LogP contribution in [0.5, 0.6) is 0 Å². The van der Waals surface area contributed by atoms with Crippen LogP contribution in [0.25, 0.3) is 10.8 Å². The van der Waals surface area contributed by atoms with Crippen LogP contribution in [0.2, 0.25) is 0 Å². The number of thiophene rings is 1. The topological polar surface area (TPSA) is 41.5 Å². The van der Waals surface area contributed by atoms with E-state index in [-0.39, 0.29) is 5.91 Å². The third-order valence-electron chi connectivity index (χ3n) is 3.95. The highest BCUT2D eigenvalue weighted by atomic mass is 32.1. The molecule has 1 aromatic heterocycles. The van der Waals surface area contributed by atoms with Gasteiger partial charge in [-0.15, -0.1) is 11.3 Å². The molecule has 0 aliphatic carbocycles. The van der Waals surface area contributed by atoms with E-state index < -0.39 is 0 Å². The Balaban J connectivity index is 1.70. The van der Waals surface area contributed by atoms with Gasteiger partial charge in [0.15, 0.2) is 0 Å². The van der Waals surface area contributed by atoms with E-state index in [0.717, 1.165) is 33.3 Å². The van der Waals surface area contributed by atoms with Crippen LogP contribution >= 0.6 is 11.3 Å². The molecule has 0 saturated carbocycles. The summed E-state index contributed by atoms with van der Waals surface area (Å²) in [7, 11) is 0. The SMILES string of the molecule is CCc1ccc(C(C)=NNC(=O)Cc2cccc3ccccc23)s1. The average Bonchev–Trinajstić information content (AvgIpc) is 3.09. The molecule has 1 heterocycles. The first-order chi connectivity index (χ1) is 11.7. The van der Waals surface area contributed by atoms with Crippen molar-refractivity contribution in [3.8, 4) is 0 Å². The minimum absolute atomic E-state index is 0.0991. The van der Waals surface area contributed by atoms with Crippen molar-refractivity contribution in [2.45, 2.75) is 26.7 Å². The fraction of sp³-hybridized carbons (Fsp3) is 0.200. The number of nitrogens with zero attached hydrogens (tertiary/aromatic N) is 1. The lowest BCUT2D eigenvalue weighted by Gasteiger charge is -2.06. The molecule has 3 rings (SSSR count). The molecule has 24 heavy (non-hydrogen) atoms. The Hall–Kier alpha value is -2.46. The van der Waals surface area contributed by atoms with Gasteiger partial charge in [-0.25, -0.2) is 5.43 Å². The zero-order valence-electron chi connectivity index (χ0n) is 13.9. The van der Waals surface area contributed by atoms with Crippen molar-refractivity contribution in [1.82, 2.24) is 5.43 Å². The van der Waals surface area contributed by atoms with Crippen LogP contribution < -0.4 is 5.43 Å². The van der Waals surface area contributed by atoms with E-state index in [4.69, 9.17) is 0 Å². The van der Waals surface area contributed by atoms with E-state index in [1.54, 1.807) is 11.3 Å². The number of fused-ring (bicyclic) bond motifs is 1. The maximum absolute atomic E-state index is 12.2. The molecule has 2 aromatic carbocycles. The van der Waals surface area contributed by atoms with Crippen LogP contribution in [0.1, 0.15) is 29.2 Å². The van der Waals surface area contributed by atoms with Crippen molar-refractivity contribution in [1.29, 1.82) is 0 Å². The lowest BCUT2D eigenvalue weighted by Crippen LogP contribution is -2.21. The molecule has 1 amide bonds. The van der Waals surface area contributed by atoms with Crippen molar-refractivity contribution < 1.29 is 4.79 Å². The highest BCUT2D eigenvalue weighted by Crippen LogP contribution is 2.19. The monoisotopic (exact) mass is 336 g/mol. The minimum atomic E-state index is -0.0991. The summed E-state index contributed by atoms with van der Waals surface area (Å²) in [4.78, 5) is 14.7.